The predicted molar refractivity (Wildman–Crippen MR) is 148 cm³/mol. The number of nitrogens with one attached hydrogen (secondary N) is 1. The molecule has 4 rings (SSSR count). The van der Waals surface area contributed by atoms with E-state index in [1.807, 2.05) is 79.7 Å². The highest BCUT2D eigenvalue weighted by molar-refractivity contribution is 5.89. The van der Waals surface area contributed by atoms with E-state index in [4.69, 9.17) is 4.74 Å². The molecule has 37 heavy (non-hydrogen) atoms. The van der Waals surface area contributed by atoms with Gasteiger partial charge >= 0.3 is 0 Å². The Kier molecular flexibility index (Phi) is 8.93. The van der Waals surface area contributed by atoms with Crippen LogP contribution >= 0.6 is 0 Å². The molecule has 190 valence electrons. The van der Waals surface area contributed by atoms with Crippen molar-refractivity contribution < 1.29 is 14.3 Å². The van der Waals surface area contributed by atoms with E-state index < -0.39 is 6.04 Å². The van der Waals surface area contributed by atoms with Gasteiger partial charge in [-0.3, -0.25) is 9.59 Å². The highest BCUT2D eigenvalue weighted by Gasteiger charge is 2.30. The number of amides is 2. The predicted octanol–water partition coefficient (Wildman–Crippen LogP) is 5.56. The fourth-order valence-electron chi connectivity index (χ4n) is 4.71. The highest BCUT2D eigenvalue weighted by atomic mass is 16.5. The quantitative estimate of drug-likeness (QED) is 0.297. The number of likely N-dealkylation sites (N-methyl/N-ethyl adjacent to an activating group) is 1. The lowest BCUT2D eigenvalue weighted by atomic mass is 9.99. The molecule has 0 spiro atoms. The van der Waals surface area contributed by atoms with Crippen LogP contribution in [-0.4, -0.2) is 36.4 Å². The smallest absolute Gasteiger partial charge is 0.243 e. The Hall–Kier alpha value is -4.12. The molecular formula is C32H34N2O3. The number of hydrogen-bond donors (Lipinski definition) is 1. The van der Waals surface area contributed by atoms with Gasteiger partial charge in [-0.1, -0.05) is 84.9 Å². The summed E-state index contributed by atoms with van der Waals surface area (Å²) in [5.74, 6) is 0.522. The maximum absolute atomic E-state index is 13.9. The molecule has 0 aromatic heterocycles. The van der Waals surface area contributed by atoms with Gasteiger partial charge in [0.2, 0.25) is 11.8 Å². The van der Waals surface area contributed by atoms with E-state index in [-0.39, 0.29) is 11.8 Å². The zero-order chi connectivity index (χ0) is 26.0. The van der Waals surface area contributed by atoms with E-state index >= 15 is 0 Å². The molecule has 0 aliphatic rings. The third-order valence-electron chi connectivity index (χ3n) is 6.60. The van der Waals surface area contributed by atoms with Crippen molar-refractivity contribution in [2.24, 2.45) is 0 Å². The molecule has 5 heteroatoms. The van der Waals surface area contributed by atoms with Crippen LogP contribution in [0.25, 0.3) is 10.8 Å². The Morgan fingerprint density at radius 1 is 0.865 bits per heavy atom. The number of carbonyl (C=O) groups excluding carboxylic acids is 2. The third-order valence-corrected chi connectivity index (χ3v) is 6.60. The number of methoxy groups -OCH3 is 1. The van der Waals surface area contributed by atoms with Gasteiger partial charge in [0.15, 0.2) is 0 Å². The topological polar surface area (TPSA) is 58.6 Å². The van der Waals surface area contributed by atoms with Crippen LogP contribution < -0.4 is 10.1 Å². The lowest BCUT2D eigenvalue weighted by molar-refractivity contribution is -0.141. The molecule has 2 amide bonds. The minimum absolute atomic E-state index is 0.0528. The average Bonchev–Trinajstić information content (AvgIpc) is 2.94. The highest BCUT2D eigenvalue weighted by Crippen LogP contribution is 2.22. The number of rotatable bonds is 11. The lowest BCUT2D eigenvalue weighted by Gasteiger charge is -2.31. The first-order valence-corrected chi connectivity index (χ1v) is 12.8. The van der Waals surface area contributed by atoms with E-state index in [1.54, 1.807) is 12.0 Å². The molecule has 1 atom stereocenters. The van der Waals surface area contributed by atoms with Crippen LogP contribution in [0.4, 0.5) is 0 Å². The van der Waals surface area contributed by atoms with Crippen molar-refractivity contribution in [2.75, 3.05) is 13.7 Å². The molecule has 1 N–H and O–H groups in total. The second-order valence-corrected chi connectivity index (χ2v) is 9.11. The van der Waals surface area contributed by atoms with Crippen molar-refractivity contribution in [3.8, 4) is 5.75 Å². The van der Waals surface area contributed by atoms with Gasteiger partial charge in [0.25, 0.3) is 0 Å². The van der Waals surface area contributed by atoms with Crippen LogP contribution in [0.2, 0.25) is 0 Å². The molecule has 4 aromatic carbocycles. The molecule has 5 nitrogen and oxygen atoms in total. The number of fused-ring (bicyclic) bond motifs is 1. The van der Waals surface area contributed by atoms with E-state index in [0.29, 0.717) is 32.4 Å². The standard InChI is InChI=1S/C32H34N2O3/c1-3-33-32(36)30(22-24-11-5-4-6-12-24)34(23-25-13-9-17-28(21-25)37-2)31(35)20-19-27-16-10-15-26-14-7-8-18-29(26)27/h4-18,21,30H,3,19-20,22-23H2,1-2H3,(H,33,36)/t30-/m1/s1. The van der Waals surface area contributed by atoms with E-state index in [2.05, 4.69) is 29.6 Å². The minimum atomic E-state index is -0.631. The first-order chi connectivity index (χ1) is 18.1. The summed E-state index contributed by atoms with van der Waals surface area (Å²) in [6, 6.07) is 31.3. The van der Waals surface area contributed by atoms with Crippen molar-refractivity contribution in [1.82, 2.24) is 10.2 Å². The van der Waals surface area contributed by atoms with Crippen molar-refractivity contribution in [1.29, 1.82) is 0 Å². The molecule has 0 fully saturated rings. The van der Waals surface area contributed by atoms with Gasteiger partial charge in [0.05, 0.1) is 7.11 Å². The first kappa shape index (κ1) is 26.0. The summed E-state index contributed by atoms with van der Waals surface area (Å²) in [6.45, 7) is 2.72. The molecular weight excluding hydrogens is 460 g/mol. The number of benzene rings is 4. The van der Waals surface area contributed by atoms with Crippen LogP contribution in [0.1, 0.15) is 30.0 Å². The first-order valence-electron chi connectivity index (χ1n) is 12.8. The largest absolute Gasteiger partial charge is 0.497 e. The number of nitrogens with zero attached hydrogens (tertiary/aromatic N) is 1. The Balaban J connectivity index is 1.64. The van der Waals surface area contributed by atoms with Crippen LogP contribution in [0, 0.1) is 0 Å². The summed E-state index contributed by atoms with van der Waals surface area (Å²) < 4.78 is 5.40. The van der Waals surface area contributed by atoms with Crippen LogP contribution in [0.5, 0.6) is 5.75 Å². The minimum Gasteiger partial charge on any atom is -0.497 e. The summed E-state index contributed by atoms with van der Waals surface area (Å²) >= 11 is 0. The van der Waals surface area contributed by atoms with Gasteiger partial charge in [-0.15, -0.1) is 0 Å². The molecule has 0 unspecified atom stereocenters. The number of carbonyl (C=O) groups is 2. The maximum atomic E-state index is 13.9. The van der Waals surface area contributed by atoms with Gasteiger partial charge in [-0.05, 0) is 52.9 Å². The van der Waals surface area contributed by atoms with Crippen molar-refractivity contribution in [2.45, 2.75) is 38.8 Å². The van der Waals surface area contributed by atoms with Gasteiger partial charge in [-0.25, -0.2) is 0 Å². The monoisotopic (exact) mass is 494 g/mol. The molecule has 0 aliphatic carbocycles. The molecule has 0 aliphatic heterocycles. The summed E-state index contributed by atoms with van der Waals surface area (Å²) in [7, 11) is 1.62. The van der Waals surface area contributed by atoms with Crippen molar-refractivity contribution in [3.05, 3.63) is 114 Å². The Morgan fingerprint density at radius 3 is 2.35 bits per heavy atom. The van der Waals surface area contributed by atoms with E-state index in [9.17, 15) is 9.59 Å². The Bertz CT molecular complexity index is 1330. The molecule has 0 saturated heterocycles. The third kappa shape index (κ3) is 6.76. The summed E-state index contributed by atoms with van der Waals surface area (Å²) in [5.41, 5.74) is 3.06. The van der Waals surface area contributed by atoms with Gasteiger partial charge < -0.3 is 15.0 Å². The zero-order valence-electron chi connectivity index (χ0n) is 21.5. The fourth-order valence-corrected chi connectivity index (χ4v) is 4.71. The molecule has 0 heterocycles. The number of ether oxygens (including phenoxy) is 1. The number of hydrogen-bond acceptors (Lipinski definition) is 3. The molecule has 4 aromatic rings. The van der Waals surface area contributed by atoms with Crippen LogP contribution in [-0.2, 0) is 29.0 Å². The van der Waals surface area contributed by atoms with Crippen LogP contribution in [0.3, 0.4) is 0 Å². The van der Waals surface area contributed by atoms with Crippen molar-refractivity contribution >= 4 is 22.6 Å². The summed E-state index contributed by atoms with van der Waals surface area (Å²) in [5, 5.41) is 5.26. The SMILES string of the molecule is CCNC(=O)[C@@H](Cc1ccccc1)N(Cc1cccc(OC)c1)C(=O)CCc1cccc2ccccc12. The summed E-state index contributed by atoms with van der Waals surface area (Å²) in [6.07, 6.45) is 1.35. The fraction of sp³-hybridized carbons (Fsp3) is 0.250. The second kappa shape index (κ2) is 12.7. The van der Waals surface area contributed by atoms with Gasteiger partial charge in [0.1, 0.15) is 11.8 Å². The number of aryl methyl sites for hydroxylation is 1. The Morgan fingerprint density at radius 2 is 1.57 bits per heavy atom. The zero-order valence-corrected chi connectivity index (χ0v) is 21.5. The normalized spacial score (nSPS) is 11.6. The van der Waals surface area contributed by atoms with Crippen LogP contribution in [0.15, 0.2) is 97.1 Å². The molecule has 0 bridgehead atoms. The molecule has 0 saturated carbocycles. The maximum Gasteiger partial charge on any atom is 0.243 e. The lowest BCUT2D eigenvalue weighted by Crippen LogP contribution is -2.50. The van der Waals surface area contributed by atoms with Gasteiger partial charge in [-0.2, -0.15) is 0 Å². The van der Waals surface area contributed by atoms with E-state index in [1.165, 1.54) is 0 Å². The van der Waals surface area contributed by atoms with Gasteiger partial charge in [0, 0.05) is 25.9 Å². The van der Waals surface area contributed by atoms with Crippen molar-refractivity contribution in [3.63, 3.8) is 0 Å². The van der Waals surface area contributed by atoms with E-state index in [0.717, 1.165) is 33.2 Å². The Labute approximate surface area is 219 Å². The molecule has 0 radical (unpaired) electrons. The average molecular weight is 495 g/mol. The second-order valence-electron chi connectivity index (χ2n) is 9.11. The summed E-state index contributed by atoms with van der Waals surface area (Å²) in [4.78, 5) is 28.9.